The summed E-state index contributed by atoms with van der Waals surface area (Å²) >= 11 is 0. The molecule has 0 aromatic heterocycles. The third kappa shape index (κ3) is 3.03. The minimum absolute atomic E-state index is 0.657. The molecule has 0 bridgehead atoms. The number of nitrogens with one attached hydrogen (secondary N) is 1. The van der Waals surface area contributed by atoms with E-state index >= 15 is 0 Å². The highest BCUT2D eigenvalue weighted by Gasteiger charge is 2.23. The summed E-state index contributed by atoms with van der Waals surface area (Å²) in [5.41, 5.74) is 2.73. The van der Waals surface area contributed by atoms with Crippen molar-refractivity contribution in [3.63, 3.8) is 0 Å². The second-order valence-electron chi connectivity index (χ2n) is 5.40. The molecule has 0 amide bonds. The van der Waals surface area contributed by atoms with E-state index < -0.39 is 0 Å². The molecule has 3 heteroatoms. The Hall–Kier alpha value is -1.22. The van der Waals surface area contributed by atoms with Crippen LogP contribution >= 0.6 is 0 Å². The molecule has 1 aromatic carbocycles. The van der Waals surface area contributed by atoms with Gasteiger partial charge >= 0.3 is 0 Å². The van der Waals surface area contributed by atoms with Crippen molar-refractivity contribution in [2.45, 2.75) is 44.6 Å². The summed E-state index contributed by atoms with van der Waals surface area (Å²) in [5.74, 6) is 2.33. The second kappa shape index (κ2) is 6.29. The predicted octanol–water partition coefficient (Wildman–Crippen LogP) is 3.26. The van der Waals surface area contributed by atoms with Crippen LogP contribution in [0.5, 0.6) is 11.5 Å². The number of rotatable bonds is 4. The monoisotopic (exact) mass is 263 g/mol. The number of benzene rings is 1. The van der Waals surface area contributed by atoms with Crippen LogP contribution in [-0.2, 0) is 0 Å². The zero-order valence-corrected chi connectivity index (χ0v) is 12.5. The lowest BCUT2D eigenvalue weighted by Crippen LogP contribution is -2.29. The van der Waals surface area contributed by atoms with Gasteiger partial charge in [-0.3, -0.25) is 0 Å². The van der Waals surface area contributed by atoms with E-state index in [9.17, 15) is 0 Å². The maximum atomic E-state index is 5.43. The van der Waals surface area contributed by atoms with E-state index in [2.05, 4.69) is 31.4 Å². The quantitative estimate of drug-likeness (QED) is 0.904. The van der Waals surface area contributed by atoms with E-state index in [1.165, 1.54) is 36.8 Å². The second-order valence-corrected chi connectivity index (χ2v) is 5.40. The minimum atomic E-state index is 0.657. The van der Waals surface area contributed by atoms with Gasteiger partial charge in [-0.2, -0.15) is 0 Å². The maximum absolute atomic E-state index is 5.43. The molecule has 0 atom stereocenters. The summed E-state index contributed by atoms with van der Waals surface area (Å²) in [4.78, 5) is 0. The van der Waals surface area contributed by atoms with Crippen molar-refractivity contribution in [2.75, 3.05) is 21.3 Å². The van der Waals surface area contributed by atoms with E-state index in [1.54, 1.807) is 14.2 Å². The first kappa shape index (κ1) is 14.2. The summed E-state index contributed by atoms with van der Waals surface area (Å²) in [6.45, 7) is 2.17. The summed E-state index contributed by atoms with van der Waals surface area (Å²) in [5, 5.41) is 3.39. The third-order valence-corrected chi connectivity index (χ3v) is 4.35. The normalized spacial score (nSPS) is 23.2. The zero-order chi connectivity index (χ0) is 13.8. The Morgan fingerprint density at radius 3 is 2.11 bits per heavy atom. The molecule has 1 aliphatic carbocycles. The van der Waals surface area contributed by atoms with E-state index in [4.69, 9.17) is 9.47 Å². The molecule has 0 saturated heterocycles. The Labute approximate surface area is 116 Å². The first-order valence-electron chi connectivity index (χ1n) is 7.09. The number of hydrogen-bond acceptors (Lipinski definition) is 3. The molecule has 0 radical (unpaired) electrons. The van der Waals surface area contributed by atoms with Crippen LogP contribution in [0.15, 0.2) is 12.1 Å². The molecule has 0 unspecified atom stereocenters. The van der Waals surface area contributed by atoms with Crippen molar-refractivity contribution < 1.29 is 9.47 Å². The fraction of sp³-hybridized carbons (Fsp3) is 0.625. The van der Waals surface area contributed by atoms with Crippen LogP contribution < -0.4 is 14.8 Å². The van der Waals surface area contributed by atoms with E-state index in [1.807, 2.05) is 0 Å². The molecular weight excluding hydrogens is 238 g/mol. The summed E-state index contributed by atoms with van der Waals surface area (Å²) < 4.78 is 10.8. The van der Waals surface area contributed by atoms with Gasteiger partial charge in [0.15, 0.2) is 11.5 Å². The fourth-order valence-electron chi connectivity index (χ4n) is 3.13. The first-order chi connectivity index (χ1) is 9.19. The van der Waals surface area contributed by atoms with Crippen LogP contribution in [-0.4, -0.2) is 27.3 Å². The Kier molecular flexibility index (Phi) is 4.70. The van der Waals surface area contributed by atoms with Crippen molar-refractivity contribution in [3.8, 4) is 11.5 Å². The van der Waals surface area contributed by atoms with Crippen molar-refractivity contribution in [1.29, 1.82) is 0 Å². The van der Waals surface area contributed by atoms with Gasteiger partial charge in [-0.25, -0.2) is 0 Å². The highest BCUT2D eigenvalue weighted by atomic mass is 16.5. The summed E-state index contributed by atoms with van der Waals surface area (Å²) in [6.07, 6.45) is 5.02. The van der Waals surface area contributed by atoms with Gasteiger partial charge in [-0.1, -0.05) is 0 Å². The van der Waals surface area contributed by atoms with Crippen molar-refractivity contribution in [3.05, 3.63) is 23.3 Å². The highest BCUT2D eigenvalue weighted by Crippen LogP contribution is 2.39. The smallest absolute Gasteiger partial charge is 0.161 e. The number of methoxy groups -OCH3 is 2. The first-order valence-corrected chi connectivity index (χ1v) is 7.09. The van der Waals surface area contributed by atoms with Gasteiger partial charge in [0.2, 0.25) is 0 Å². The van der Waals surface area contributed by atoms with E-state index in [-0.39, 0.29) is 0 Å². The molecule has 3 nitrogen and oxygen atoms in total. The molecule has 1 saturated carbocycles. The third-order valence-electron chi connectivity index (χ3n) is 4.35. The van der Waals surface area contributed by atoms with Crippen molar-refractivity contribution in [1.82, 2.24) is 5.32 Å². The lowest BCUT2D eigenvalue weighted by atomic mass is 9.80. The molecule has 106 valence electrons. The van der Waals surface area contributed by atoms with Gasteiger partial charge in [0.05, 0.1) is 14.2 Å². The standard InChI is InChI=1S/C16H25NO2/c1-11-9-15(18-3)16(19-4)10-14(11)12-5-7-13(17-2)8-6-12/h9-10,12-13,17H,5-8H2,1-4H3. The van der Waals surface area contributed by atoms with Crippen LogP contribution in [0.4, 0.5) is 0 Å². The van der Waals surface area contributed by atoms with E-state index in [0.29, 0.717) is 12.0 Å². The molecule has 1 N–H and O–H groups in total. The lowest BCUT2D eigenvalue weighted by Gasteiger charge is -2.29. The summed E-state index contributed by atoms with van der Waals surface area (Å²) in [7, 11) is 5.45. The lowest BCUT2D eigenvalue weighted by molar-refractivity contribution is 0.346. The van der Waals surface area contributed by atoms with Crippen molar-refractivity contribution >= 4 is 0 Å². The minimum Gasteiger partial charge on any atom is -0.493 e. The average molecular weight is 263 g/mol. The largest absolute Gasteiger partial charge is 0.493 e. The van der Waals surface area contributed by atoms with Crippen LogP contribution in [0, 0.1) is 6.92 Å². The van der Waals surface area contributed by atoms with Crippen LogP contribution in [0.3, 0.4) is 0 Å². The van der Waals surface area contributed by atoms with Crippen LogP contribution in [0.1, 0.15) is 42.7 Å². The summed E-state index contributed by atoms with van der Waals surface area (Å²) in [6, 6.07) is 4.95. The molecule has 1 aromatic rings. The van der Waals surface area contributed by atoms with Crippen LogP contribution in [0.25, 0.3) is 0 Å². The SMILES string of the molecule is CNC1CCC(c2cc(OC)c(OC)cc2C)CC1. The van der Waals surface area contributed by atoms with Gasteiger partial charge in [0.25, 0.3) is 0 Å². The van der Waals surface area contributed by atoms with Gasteiger partial charge in [0.1, 0.15) is 0 Å². The Balaban J connectivity index is 2.20. The van der Waals surface area contributed by atoms with Crippen molar-refractivity contribution in [2.24, 2.45) is 0 Å². The molecule has 19 heavy (non-hydrogen) atoms. The molecule has 0 heterocycles. The zero-order valence-electron chi connectivity index (χ0n) is 12.5. The molecule has 0 aliphatic heterocycles. The van der Waals surface area contributed by atoms with E-state index in [0.717, 1.165) is 11.5 Å². The Morgan fingerprint density at radius 2 is 1.58 bits per heavy atom. The molecule has 1 fully saturated rings. The topological polar surface area (TPSA) is 30.5 Å². The molecular formula is C16H25NO2. The van der Waals surface area contributed by atoms with Gasteiger partial charge in [0, 0.05) is 6.04 Å². The number of ether oxygens (including phenoxy) is 2. The number of hydrogen-bond donors (Lipinski definition) is 1. The van der Waals surface area contributed by atoms with Crippen LogP contribution in [0.2, 0.25) is 0 Å². The Bertz CT molecular complexity index is 423. The van der Waals surface area contributed by atoms with Gasteiger partial charge in [-0.15, -0.1) is 0 Å². The predicted molar refractivity (Wildman–Crippen MR) is 78.3 cm³/mol. The average Bonchev–Trinajstić information content (AvgIpc) is 2.47. The molecule has 2 rings (SSSR count). The van der Waals surface area contributed by atoms with Gasteiger partial charge in [-0.05, 0) is 68.8 Å². The highest BCUT2D eigenvalue weighted by molar-refractivity contribution is 5.48. The molecule has 1 aliphatic rings. The Morgan fingerprint density at radius 1 is 1.00 bits per heavy atom. The van der Waals surface area contributed by atoms with Gasteiger partial charge < -0.3 is 14.8 Å². The molecule has 0 spiro atoms. The number of aryl methyl sites for hydroxylation is 1. The maximum Gasteiger partial charge on any atom is 0.161 e. The fourth-order valence-corrected chi connectivity index (χ4v) is 3.13.